The molecule has 6 atom stereocenters. The minimum Gasteiger partial charge on any atom is -0.491 e. The molecule has 0 spiro atoms. The van der Waals surface area contributed by atoms with E-state index in [9.17, 15) is 32.7 Å². The van der Waals surface area contributed by atoms with Gasteiger partial charge in [0.1, 0.15) is 12.4 Å². The zero-order valence-corrected chi connectivity index (χ0v) is 33.8. The summed E-state index contributed by atoms with van der Waals surface area (Å²) in [7, 11) is 0. The number of hydrazine groups is 1. The van der Waals surface area contributed by atoms with Crippen molar-refractivity contribution in [2.45, 2.75) is 30.4 Å². The van der Waals surface area contributed by atoms with Crippen molar-refractivity contribution in [1.82, 2.24) is 9.99 Å². The lowest BCUT2D eigenvalue weighted by molar-refractivity contribution is -0.139. The van der Waals surface area contributed by atoms with Crippen LogP contribution in [0.4, 0.5) is 30.4 Å². The van der Waals surface area contributed by atoms with Crippen molar-refractivity contribution in [3.05, 3.63) is 123 Å². The maximum Gasteiger partial charge on any atom is 0.417 e. The number of alkyl halides is 3. The number of imide groups is 2. The second kappa shape index (κ2) is 15.8. The van der Waals surface area contributed by atoms with E-state index in [1.165, 1.54) is 4.90 Å². The van der Waals surface area contributed by atoms with E-state index in [0.717, 1.165) is 10.7 Å². The van der Waals surface area contributed by atoms with Gasteiger partial charge in [-0.2, -0.15) is 18.2 Å². The molecule has 0 bridgehead atoms. The molecule has 4 aromatic rings. The molecule has 0 unspecified atom stereocenters. The van der Waals surface area contributed by atoms with Gasteiger partial charge in [0.25, 0.3) is 11.8 Å². The van der Waals surface area contributed by atoms with Gasteiger partial charge in [-0.05, 0) is 84.5 Å². The third-order valence-electron chi connectivity index (χ3n) is 12.6. The molecule has 2 aliphatic carbocycles. The molecule has 61 heavy (non-hydrogen) atoms. The van der Waals surface area contributed by atoms with Gasteiger partial charge in [-0.25, -0.2) is 4.98 Å². The number of anilines is 3. The summed E-state index contributed by atoms with van der Waals surface area (Å²) in [6.45, 7) is 2.42. The van der Waals surface area contributed by atoms with Gasteiger partial charge in [0.05, 0.1) is 59.3 Å². The number of carbonyl (C=O) groups is 4. The lowest BCUT2D eigenvalue weighted by atomic mass is 9.49. The third-order valence-corrected chi connectivity index (χ3v) is 13.2. The van der Waals surface area contributed by atoms with E-state index in [2.05, 4.69) is 15.3 Å². The number of ether oxygens (including phenoxy) is 2. The highest BCUT2D eigenvalue weighted by Gasteiger charge is 2.70. The predicted molar refractivity (Wildman–Crippen MR) is 218 cm³/mol. The van der Waals surface area contributed by atoms with Crippen molar-refractivity contribution in [3.63, 3.8) is 0 Å². The van der Waals surface area contributed by atoms with E-state index in [1.54, 1.807) is 60.7 Å². The summed E-state index contributed by atoms with van der Waals surface area (Å²) in [5, 5.41) is 10.0. The van der Waals surface area contributed by atoms with Gasteiger partial charge in [0.15, 0.2) is 5.82 Å². The lowest BCUT2D eigenvalue weighted by Gasteiger charge is -2.50. The standard InChI is InChI=1S/C44H38Cl2F3N5O7/c45-27-5-3-25(4-6-27)43-34(40(57)54(42(43)59)51-38-35(46)21-26(23-50-38)44(47,48)49)22-33-31(37(43)24-1-11-30(12-2-24)61-20-17-55)13-14-32-36(33)41(58)53(39(32)56)29-9-7-28(8-10-29)52-15-18-60-19-16-52/h1-13,21,23,32-34,36-37,55H,14-20,22H2,(H,50,51)/t32-,33+,34-,36-,37-,43+/m0/s1. The molecular formula is C44H38Cl2F3N5O7. The zero-order valence-electron chi connectivity index (χ0n) is 32.3. The van der Waals surface area contributed by atoms with Crippen LogP contribution >= 0.6 is 23.2 Å². The monoisotopic (exact) mass is 875 g/mol. The molecule has 4 amide bonds. The summed E-state index contributed by atoms with van der Waals surface area (Å²) >= 11 is 12.7. The quantitative estimate of drug-likeness (QED) is 0.136. The molecule has 3 saturated heterocycles. The molecule has 3 aliphatic heterocycles. The number of aliphatic hydroxyl groups excluding tert-OH is 1. The molecule has 0 radical (unpaired) electrons. The largest absolute Gasteiger partial charge is 0.491 e. The lowest BCUT2D eigenvalue weighted by Crippen LogP contribution is -2.53. The van der Waals surface area contributed by atoms with E-state index in [-0.39, 0.29) is 37.8 Å². The van der Waals surface area contributed by atoms with Crippen molar-refractivity contribution in [2.24, 2.45) is 23.7 Å². The van der Waals surface area contributed by atoms with Gasteiger partial charge < -0.3 is 19.5 Å². The number of pyridine rings is 1. The number of aliphatic hydroxyl groups is 1. The third kappa shape index (κ3) is 6.82. The molecule has 316 valence electrons. The summed E-state index contributed by atoms with van der Waals surface area (Å²) in [5.74, 6) is -6.52. The highest BCUT2D eigenvalue weighted by molar-refractivity contribution is 6.33. The van der Waals surface area contributed by atoms with Gasteiger partial charge in [-0.3, -0.25) is 29.5 Å². The molecule has 17 heteroatoms. The molecule has 1 aromatic heterocycles. The smallest absolute Gasteiger partial charge is 0.417 e. The van der Waals surface area contributed by atoms with Crippen molar-refractivity contribution < 1.29 is 46.9 Å². The normalized spacial score (nSPS) is 26.2. The van der Waals surface area contributed by atoms with E-state index in [4.69, 9.17) is 32.7 Å². The zero-order chi connectivity index (χ0) is 42.8. The molecule has 3 aromatic carbocycles. The number of morpholine rings is 1. The van der Waals surface area contributed by atoms with E-state index < -0.39 is 69.5 Å². The molecule has 1 saturated carbocycles. The fourth-order valence-corrected chi connectivity index (χ4v) is 10.3. The summed E-state index contributed by atoms with van der Waals surface area (Å²) in [4.78, 5) is 66.7. The van der Waals surface area contributed by atoms with E-state index in [0.29, 0.717) is 71.7 Å². The molecule has 12 nitrogen and oxygen atoms in total. The number of halogens is 5. The predicted octanol–water partition coefficient (Wildman–Crippen LogP) is 6.80. The number of amides is 4. The first-order valence-corrected chi connectivity index (χ1v) is 20.6. The van der Waals surface area contributed by atoms with Gasteiger partial charge in [0.2, 0.25) is 11.8 Å². The Balaban J connectivity index is 1.15. The number of rotatable bonds is 9. The Hall–Kier alpha value is -5.48. The van der Waals surface area contributed by atoms with Crippen molar-refractivity contribution in [1.29, 1.82) is 0 Å². The molecular weight excluding hydrogens is 838 g/mol. The maximum absolute atomic E-state index is 15.4. The Morgan fingerprint density at radius 2 is 1.57 bits per heavy atom. The number of allylic oxidation sites excluding steroid dienone is 2. The minimum atomic E-state index is -4.75. The van der Waals surface area contributed by atoms with Gasteiger partial charge in [-0.1, -0.05) is 59.1 Å². The number of aromatic nitrogens is 1. The number of fused-ring (bicyclic) bond motifs is 4. The van der Waals surface area contributed by atoms with E-state index >= 15 is 4.79 Å². The average molecular weight is 877 g/mol. The number of hydrogen-bond acceptors (Lipinski definition) is 10. The Labute approximate surface area is 357 Å². The fraction of sp³-hybridized carbons (Fsp3) is 0.341. The Kier molecular flexibility index (Phi) is 10.6. The highest BCUT2D eigenvalue weighted by Crippen LogP contribution is 2.64. The highest BCUT2D eigenvalue weighted by atomic mass is 35.5. The van der Waals surface area contributed by atoms with Crippen LogP contribution in [0, 0.1) is 23.7 Å². The molecule has 4 heterocycles. The van der Waals surface area contributed by atoms with Crippen molar-refractivity contribution in [2.75, 3.05) is 54.7 Å². The second-order valence-corrected chi connectivity index (χ2v) is 16.5. The van der Waals surface area contributed by atoms with E-state index in [1.807, 2.05) is 18.2 Å². The number of carbonyl (C=O) groups excluding carboxylic acids is 4. The van der Waals surface area contributed by atoms with Gasteiger partial charge in [0, 0.05) is 35.9 Å². The first-order chi connectivity index (χ1) is 29.3. The number of nitrogens with zero attached hydrogens (tertiary/aromatic N) is 4. The minimum absolute atomic E-state index is 0.0242. The molecule has 5 aliphatic rings. The summed E-state index contributed by atoms with van der Waals surface area (Å²) in [6, 6.07) is 21.3. The van der Waals surface area contributed by atoms with Gasteiger partial charge in [-0.15, -0.1) is 0 Å². The number of nitrogens with one attached hydrogen (secondary N) is 1. The number of hydrogen-bond donors (Lipinski definition) is 2. The average Bonchev–Trinajstić information content (AvgIpc) is 3.64. The number of benzene rings is 3. The summed E-state index contributed by atoms with van der Waals surface area (Å²) < 4.78 is 51.8. The molecule has 4 fully saturated rings. The SMILES string of the molecule is O=C1[C@@H]2C[C@@H]3C(=CC[C@@H]4C(=O)N(c5ccc(N6CCOCC6)cc5)C(=O)[C@@H]43)[C@H](c3ccc(OCCO)cc3)[C@]2(c2ccc(Cl)cc2)C(=O)N1Nc1ncc(C(F)(F)F)cc1Cl. The van der Waals surface area contributed by atoms with Crippen molar-refractivity contribution >= 4 is 64.0 Å². The Bertz CT molecular complexity index is 2430. The topological polar surface area (TPSA) is 142 Å². The molecule has 2 N–H and O–H groups in total. The van der Waals surface area contributed by atoms with Crippen LogP contribution in [-0.4, -0.2) is 78.2 Å². The molecule has 9 rings (SSSR count). The van der Waals surface area contributed by atoms with Crippen LogP contribution in [0.2, 0.25) is 10.0 Å². The van der Waals surface area contributed by atoms with Crippen LogP contribution in [0.25, 0.3) is 0 Å². The first-order valence-electron chi connectivity index (χ1n) is 19.8. The maximum atomic E-state index is 15.4. The summed E-state index contributed by atoms with van der Waals surface area (Å²) in [6.07, 6.45) is -2.12. The van der Waals surface area contributed by atoms with Crippen LogP contribution in [-0.2, 0) is 35.5 Å². The first kappa shape index (κ1) is 40.9. The fourth-order valence-electron chi connectivity index (χ4n) is 9.97. The Morgan fingerprint density at radius 1 is 0.885 bits per heavy atom. The van der Waals surface area contributed by atoms with Crippen LogP contribution in [0.3, 0.4) is 0 Å². The van der Waals surface area contributed by atoms with Crippen LogP contribution < -0.4 is 20.0 Å². The summed E-state index contributed by atoms with van der Waals surface area (Å²) in [5.41, 5.74) is 2.90. The van der Waals surface area contributed by atoms with Crippen LogP contribution in [0.1, 0.15) is 35.4 Å². The van der Waals surface area contributed by atoms with Crippen LogP contribution in [0.15, 0.2) is 96.7 Å². The van der Waals surface area contributed by atoms with Gasteiger partial charge >= 0.3 is 6.18 Å². The van der Waals surface area contributed by atoms with Crippen LogP contribution in [0.5, 0.6) is 5.75 Å². The second-order valence-electron chi connectivity index (χ2n) is 15.7. The Morgan fingerprint density at radius 3 is 2.23 bits per heavy atom. The van der Waals surface area contributed by atoms with Crippen molar-refractivity contribution in [3.8, 4) is 5.75 Å².